The number of hydrogen-bond acceptors (Lipinski definition) is 4. The number of sulfonamides is 1. The van der Waals surface area contributed by atoms with E-state index in [4.69, 9.17) is 11.6 Å². The van der Waals surface area contributed by atoms with Crippen molar-refractivity contribution in [3.05, 3.63) is 88.9 Å². The lowest BCUT2D eigenvalue weighted by atomic mass is 10.0. The Bertz CT molecular complexity index is 1270. The third-order valence-corrected chi connectivity index (χ3v) is 8.83. The molecule has 5 nitrogen and oxygen atoms in total. The van der Waals surface area contributed by atoms with Crippen LogP contribution in [0.1, 0.15) is 11.1 Å². The Labute approximate surface area is 175 Å². The number of hydrogen-bond donors (Lipinski definition) is 0. The van der Waals surface area contributed by atoms with Crippen LogP contribution in [-0.2, 0) is 32.8 Å². The highest BCUT2D eigenvalue weighted by molar-refractivity contribution is 7.91. The van der Waals surface area contributed by atoms with Crippen LogP contribution in [0.3, 0.4) is 0 Å². The Hall–Kier alpha value is -2.19. The second-order valence-electron chi connectivity index (χ2n) is 6.79. The second kappa shape index (κ2) is 7.57. The summed E-state index contributed by atoms with van der Waals surface area (Å²) in [6.07, 6.45) is 0.623. The monoisotopic (exact) mass is 447 g/mol. The van der Waals surface area contributed by atoms with Crippen molar-refractivity contribution in [1.82, 2.24) is 4.31 Å². The number of halogens is 1. The number of rotatable bonds is 4. The van der Waals surface area contributed by atoms with Gasteiger partial charge in [-0.25, -0.2) is 16.8 Å². The molecule has 3 aromatic carbocycles. The highest BCUT2D eigenvalue weighted by Gasteiger charge is 2.29. The average Bonchev–Trinajstić information content (AvgIpc) is 2.74. The molecule has 29 heavy (non-hydrogen) atoms. The largest absolute Gasteiger partial charge is 0.243 e. The lowest BCUT2D eigenvalue weighted by Gasteiger charge is -2.28. The van der Waals surface area contributed by atoms with Gasteiger partial charge in [-0.1, -0.05) is 41.9 Å². The highest BCUT2D eigenvalue weighted by atomic mass is 35.5. The van der Waals surface area contributed by atoms with Crippen molar-refractivity contribution in [3.8, 4) is 0 Å². The fourth-order valence-corrected chi connectivity index (χ4v) is 6.35. The lowest BCUT2D eigenvalue weighted by molar-refractivity contribution is 0.391. The van der Waals surface area contributed by atoms with Gasteiger partial charge in [-0.15, -0.1) is 0 Å². The summed E-state index contributed by atoms with van der Waals surface area (Å²) in [4.78, 5) is -0.0476. The number of fused-ring (bicyclic) bond motifs is 1. The van der Waals surface area contributed by atoms with E-state index in [-0.39, 0.29) is 21.2 Å². The first kappa shape index (κ1) is 20.1. The van der Waals surface area contributed by atoms with Gasteiger partial charge in [0.1, 0.15) is 0 Å². The van der Waals surface area contributed by atoms with Gasteiger partial charge in [0.15, 0.2) is 0 Å². The maximum Gasteiger partial charge on any atom is 0.243 e. The normalized spacial score (nSPS) is 15.1. The lowest BCUT2D eigenvalue weighted by Crippen LogP contribution is -2.36. The Morgan fingerprint density at radius 2 is 1.38 bits per heavy atom. The molecule has 0 radical (unpaired) electrons. The van der Waals surface area contributed by atoms with E-state index in [1.54, 1.807) is 0 Å². The maximum atomic E-state index is 13.2. The SMILES string of the molecule is O=S(=O)(c1ccc(Cl)cc1)c1cccc(S(=O)(=O)N2CCc3ccccc3C2)c1. The van der Waals surface area contributed by atoms with Gasteiger partial charge >= 0.3 is 0 Å². The van der Waals surface area contributed by atoms with Crippen molar-refractivity contribution in [2.45, 2.75) is 27.7 Å². The molecule has 0 amide bonds. The molecule has 0 N–H and O–H groups in total. The fraction of sp³-hybridized carbons (Fsp3) is 0.143. The van der Waals surface area contributed by atoms with E-state index in [0.717, 1.165) is 11.1 Å². The van der Waals surface area contributed by atoms with Crippen LogP contribution in [0, 0.1) is 0 Å². The van der Waals surface area contributed by atoms with Crippen LogP contribution in [0.15, 0.2) is 87.5 Å². The fourth-order valence-electron chi connectivity index (χ4n) is 3.38. The molecule has 0 atom stereocenters. The van der Waals surface area contributed by atoms with Gasteiger partial charge in [0.05, 0.1) is 14.7 Å². The molecular weight excluding hydrogens is 430 g/mol. The van der Waals surface area contributed by atoms with Gasteiger partial charge in [0.25, 0.3) is 0 Å². The van der Waals surface area contributed by atoms with Crippen molar-refractivity contribution < 1.29 is 16.8 Å². The van der Waals surface area contributed by atoms with Crippen LogP contribution < -0.4 is 0 Å². The van der Waals surface area contributed by atoms with Crippen molar-refractivity contribution in [3.63, 3.8) is 0 Å². The van der Waals surface area contributed by atoms with Crippen LogP contribution in [0.4, 0.5) is 0 Å². The van der Waals surface area contributed by atoms with Gasteiger partial charge in [-0.2, -0.15) is 4.31 Å². The standard InChI is InChI=1S/C21H18ClNO4S2/c22-18-8-10-19(11-9-18)28(24,25)20-6-3-7-21(14-20)29(26,27)23-13-12-16-4-1-2-5-17(16)15-23/h1-11,14H,12-13,15H2. The molecule has 0 unspecified atom stereocenters. The summed E-state index contributed by atoms with van der Waals surface area (Å²) in [5, 5.41) is 0.422. The first-order valence-corrected chi connectivity index (χ1v) is 12.3. The van der Waals surface area contributed by atoms with E-state index < -0.39 is 19.9 Å². The molecule has 1 aliphatic heterocycles. The number of sulfone groups is 1. The topological polar surface area (TPSA) is 71.5 Å². The van der Waals surface area contributed by atoms with Crippen molar-refractivity contribution in [2.24, 2.45) is 0 Å². The van der Waals surface area contributed by atoms with E-state index in [1.807, 2.05) is 24.3 Å². The van der Waals surface area contributed by atoms with Crippen molar-refractivity contribution >= 4 is 31.5 Å². The molecule has 3 aromatic rings. The van der Waals surface area contributed by atoms with Crippen molar-refractivity contribution in [1.29, 1.82) is 0 Å². The molecule has 8 heteroatoms. The van der Waals surface area contributed by atoms with E-state index in [9.17, 15) is 16.8 Å². The summed E-state index contributed by atoms with van der Waals surface area (Å²) >= 11 is 5.84. The molecule has 1 aliphatic rings. The molecule has 0 spiro atoms. The predicted octanol–water partition coefficient (Wildman–Crippen LogP) is 3.92. The molecule has 0 saturated heterocycles. The zero-order chi connectivity index (χ0) is 20.6. The molecule has 0 aliphatic carbocycles. The Kier molecular flexibility index (Phi) is 5.25. The first-order chi connectivity index (χ1) is 13.8. The zero-order valence-electron chi connectivity index (χ0n) is 15.3. The number of nitrogens with zero attached hydrogens (tertiary/aromatic N) is 1. The molecule has 150 valence electrons. The van der Waals surface area contributed by atoms with E-state index in [0.29, 0.717) is 18.0 Å². The minimum absolute atomic E-state index is 0.0353. The van der Waals surface area contributed by atoms with Crippen LogP contribution in [0.2, 0.25) is 5.02 Å². The van der Waals surface area contributed by atoms with Crippen LogP contribution in [0.5, 0.6) is 0 Å². The summed E-state index contributed by atoms with van der Waals surface area (Å²) in [5.74, 6) is 0. The maximum absolute atomic E-state index is 13.2. The van der Waals surface area contributed by atoms with E-state index in [2.05, 4.69) is 0 Å². The van der Waals surface area contributed by atoms with Gasteiger partial charge in [0.2, 0.25) is 19.9 Å². The summed E-state index contributed by atoms with van der Waals surface area (Å²) in [7, 11) is -7.69. The predicted molar refractivity (Wildman–Crippen MR) is 111 cm³/mol. The van der Waals surface area contributed by atoms with Crippen LogP contribution in [-0.4, -0.2) is 27.7 Å². The average molecular weight is 448 g/mol. The van der Waals surface area contributed by atoms with Gasteiger partial charge in [-0.3, -0.25) is 0 Å². The first-order valence-electron chi connectivity index (χ1n) is 8.96. The smallest absolute Gasteiger partial charge is 0.219 e. The second-order valence-corrected chi connectivity index (χ2v) is 11.1. The van der Waals surface area contributed by atoms with Crippen LogP contribution >= 0.6 is 11.6 Å². The molecule has 0 saturated carbocycles. The molecule has 0 aromatic heterocycles. The third-order valence-electron chi connectivity index (χ3n) is 4.97. The summed E-state index contributed by atoms with van der Waals surface area (Å²) < 4.78 is 53.6. The zero-order valence-corrected chi connectivity index (χ0v) is 17.7. The summed E-state index contributed by atoms with van der Waals surface area (Å²) in [6.45, 7) is 0.625. The minimum Gasteiger partial charge on any atom is -0.219 e. The molecule has 1 heterocycles. The quantitative estimate of drug-likeness (QED) is 0.607. The van der Waals surface area contributed by atoms with E-state index in [1.165, 1.54) is 52.8 Å². The van der Waals surface area contributed by atoms with E-state index >= 15 is 0 Å². The third kappa shape index (κ3) is 3.83. The minimum atomic E-state index is -3.86. The molecular formula is C21H18ClNO4S2. The Balaban J connectivity index is 1.69. The Morgan fingerprint density at radius 3 is 2.10 bits per heavy atom. The van der Waals surface area contributed by atoms with Gasteiger partial charge in [-0.05, 0) is 60.0 Å². The van der Waals surface area contributed by atoms with Gasteiger partial charge < -0.3 is 0 Å². The Morgan fingerprint density at radius 1 is 0.724 bits per heavy atom. The molecule has 4 rings (SSSR count). The number of benzene rings is 3. The van der Waals surface area contributed by atoms with Crippen LogP contribution in [0.25, 0.3) is 0 Å². The highest BCUT2D eigenvalue weighted by Crippen LogP contribution is 2.28. The summed E-state index contributed by atoms with van der Waals surface area (Å²) in [6, 6.07) is 19.0. The molecule has 0 bridgehead atoms. The molecule has 0 fully saturated rings. The summed E-state index contributed by atoms with van der Waals surface area (Å²) in [5.41, 5.74) is 2.10. The van der Waals surface area contributed by atoms with Crippen molar-refractivity contribution in [2.75, 3.05) is 6.54 Å². The van der Waals surface area contributed by atoms with Gasteiger partial charge in [0, 0.05) is 18.1 Å².